The zero-order chi connectivity index (χ0) is 15.4. The molecule has 0 amide bonds. The van der Waals surface area contributed by atoms with Gasteiger partial charge in [0.1, 0.15) is 5.82 Å². The van der Waals surface area contributed by atoms with Crippen LogP contribution in [-0.2, 0) is 0 Å². The fourth-order valence-corrected chi connectivity index (χ4v) is 2.67. The zero-order valence-electron chi connectivity index (χ0n) is 11.5. The van der Waals surface area contributed by atoms with Gasteiger partial charge in [-0.05, 0) is 58.2 Å². The molecule has 0 aliphatic heterocycles. The molecule has 2 aromatic rings. The summed E-state index contributed by atoms with van der Waals surface area (Å²) in [6.07, 6.45) is 0.888. The Morgan fingerprint density at radius 2 is 1.71 bits per heavy atom. The van der Waals surface area contributed by atoms with Gasteiger partial charge < -0.3 is 5.32 Å². The normalized spacial score (nSPS) is 12.4. The van der Waals surface area contributed by atoms with Crippen molar-refractivity contribution in [2.75, 3.05) is 6.54 Å². The van der Waals surface area contributed by atoms with Crippen molar-refractivity contribution in [2.24, 2.45) is 0 Å². The van der Waals surface area contributed by atoms with Crippen molar-refractivity contribution in [3.63, 3.8) is 0 Å². The van der Waals surface area contributed by atoms with E-state index in [9.17, 15) is 13.2 Å². The smallest absolute Gasteiger partial charge is 0.173 e. The minimum atomic E-state index is -0.919. The number of rotatable bonds is 5. The molecule has 0 saturated heterocycles. The molecule has 1 nitrogen and oxygen atoms in total. The Labute approximate surface area is 130 Å². The van der Waals surface area contributed by atoms with E-state index >= 15 is 0 Å². The predicted molar refractivity (Wildman–Crippen MR) is 80.6 cm³/mol. The maximum Gasteiger partial charge on any atom is 0.173 e. The van der Waals surface area contributed by atoms with Crippen LogP contribution in [-0.4, -0.2) is 6.54 Å². The number of hydrogen-bond acceptors (Lipinski definition) is 1. The Balaban J connectivity index is 2.45. The van der Waals surface area contributed by atoms with E-state index in [0.717, 1.165) is 18.1 Å². The van der Waals surface area contributed by atoms with Gasteiger partial charge >= 0.3 is 0 Å². The summed E-state index contributed by atoms with van der Waals surface area (Å²) in [7, 11) is 0. The molecule has 1 unspecified atom stereocenters. The third-order valence-electron chi connectivity index (χ3n) is 3.18. The van der Waals surface area contributed by atoms with E-state index < -0.39 is 11.6 Å². The van der Waals surface area contributed by atoms with Crippen LogP contribution in [0.15, 0.2) is 40.9 Å². The lowest BCUT2D eigenvalue weighted by Crippen LogP contribution is -2.24. The van der Waals surface area contributed by atoms with Gasteiger partial charge in [-0.2, -0.15) is 0 Å². The van der Waals surface area contributed by atoms with E-state index in [4.69, 9.17) is 0 Å². The van der Waals surface area contributed by atoms with Gasteiger partial charge in [-0.3, -0.25) is 0 Å². The van der Waals surface area contributed by atoms with Crippen LogP contribution in [0, 0.1) is 17.5 Å². The van der Waals surface area contributed by atoms with Crippen LogP contribution < -0.4 is 5.32 Å². The average Bonchev–Trinajstić information content (AvgIpc) is 2.48. The molecule has 2 rings (SSSR count). The standard InChI is InChI=1S/C16H15BrF3N/c1-2-9-21-16(10-3-5-11(18)6-4-10)12-7-8-13(19)15(20)14(12)17/h3-8,16,21H,2,9H2,1H3. The highest BCUT2D eigenvalue weighted by molar-refractivity contribution is 9.10. The van der Waals surface area contributed by atoms with Gasteiger partial charge in [-0.15, -0.1) is 0 Å². The largest absolute Gasteiger partial charge is 0.306 e. The highest BCUT2D eigenvalue weighted by Gasteiger charge is 2.20. The van der Waals surface area contributed by atoms with Gasteiger partial charge in [0.15, 0.2) is 11.6 Å². The van der Waals surface area contributed by atoms with Gasteiger partial charge in [0.25, 0.3) is 0 Å². The lowest BCUT2D eigenvalue weighted by molar-refractivity contribution is 0.497. The van der Waals surface area contributed by atoms with Crippen molar-refractivity contribution in [3.05, 3.63) is 69.4 Å². The molecular formula is C16H15BrF3N. The van der Waals surface area contributed by atoms with Gasteiger partial charge in [-0.1, -0.05) is 25.1 Å². The van der Waals surface area contributed by atoms with Crippen LogP contribution in [0.25, 0.3) is 0 Å². The summed E-state index contributed by atoms with van der Waals surface area (Å²) in [5.41, 5.74) is 1.37. The molecule has 2 aromatic carbocycles. The third-order valence-corrected chi connectivity index (χ3v) is 3.98. The molecule has 1 N–H and O–H groups in total. The van der Waals surface area contributed by atoms with E-state index in [1.807, 2.05) is 6.92 Å². The maximum atomic E-state index is 13.7. The predicted octanol–water partition coefficient (Wildman–Crippen LogP) is 4.96. The van der Waals surface area contributed by atoms with Crippen molar-refractivity contribution in [2.45, 2.75) is 19.4 Å². The Kier molecular flexibility index (Phi) is 5.42. The second-order valence-electron chi connectivity index (χ2n) is 4.70. The monoisotopic (exact) mass is 357 g/mol. The van der Waals surface area contributed by atoms with Crippen molar-refractivity contribution in [1.29, 1.82) is 0 Å². The first-order chi connectivity index (χ1) is 10.0. The lowest BCUT2D eigenvalue weighted by atomic mass is 9.98. The highest BCUT2D eigenvalue weighted by Crippen LogP contribution is 2.31. The lowest BCUT2D eigenvalue weighted by Gasteiger charge is -2.21. The van der Waals surface area contributed by atoms with Crippen molar-refractivity contribution >= 4 is 15.9 Å². The maximum absolute atomic E-state index is 13.7. The molecule has 5 heteroatoms. The minimum Gasteiger partial charge on any atom is -0.306 e. The fourth-order valence-electron chi connectivity index (χ4n) is 2.12. The molecule has 0 aromatic heterocycles. The molecule has 0 saturated carbocycles. The molecule has 0 aliphatic carbocycles. The molecule has 0 heterocycles. The molecule has 1 atom stereocenters. The summed E-state index contributed by atoms with van der Waals surface area (Å²) in [5, 5.41) is 3.27. The molecule has 0 aliphatic rings. The van der Waals surface area contributed by atoms with Crippen molar-refractivity contribution in [1.82, 2.24) is 5.32 Å². The van der Waals surface area contributed by atoms with Crippen LogP contribution in [0.3, 0.4) is 0 Å². The average molecular weight is 358 g/mol. The molecule has 0 spiro atoms. The van der Waals surface area contributed by atoms with E-state index in [1.165, 1.54) is 18.2 Å². The SMILES string of the molecule is CCCNC(c1ccc(F)cc1)c1ccc(F)c(F)c1Br. The first kappa shape index (κ1) is 16.0. The first-order valence-corrected chi connectivity index (χ1v) is 7.46. The van der Waals surface area contributed by atoms with Gasteiger partial charge in [0.2, 0.25) is 0 Å². The Hall–Kier alpha value is -1.33. The van der Waals surface area contributed by atoms with Gasteiger partial charge in [0.05, 0.1) is 10.5 Å². The summed E-state index contributed by atoms with van der Waals surface area (Å²) in [6, 6.07) is 8.26. The fraction of sp³-hybridized carbons (Fsp3) is 0.250. The first-order valence-electron chi connectivity index (χ1n) is 6.66. The van der Waals surface area contributed by atoms with Crippen LogP contribution in [0.4, 0.5) is 13.2 Å². The summed E-state index contributed by atoms with van der Waals surface area (Å²) < 4.78 is 40.1. The summed E-state index contributed by atoms with van der Waals surface area (Å²) >= 11 is 3.11. The molecule has 0 radical (unpaired) electrons. The Morgan fingerprint density at radius 3 is 2.33 bits per heavy atom. The van der Waals surface area contributed by atoms with Crippen LogP contribution >= 0.6 is 15.9 Å². The summed E-state index contributed by atoms with van der Waals surface area (Å²) in [6.45, 7) is 2.71. The van der Waals surface area contributed by atoms with Crippen LogP contribution in [0.1, 0.15) is 30.5 Å². The molecule has 21 heavy (non-hydrogen) atoms. The zero-order valence-corrected chi connectivity index (χ0v) is 13.1. The van der Waals surface area contributed by atoms with E-state index in [-0.39, 0.29) is 16.3 Å². The molecular weight excluding hydrogens is 343 g/mol. The number of halogens is 4. The highest BCUT2D eigenvalue weighted by atomic mass is 79.9. The second kappa shape index (κ2) is 7.09. The summed E-state index contributed by atoms with van der Waals surface area (Å²) in [5.74, 6) is -2.16. The van der Waals surface area contributed by atoms with Crippen LogP contribution in [0.5, 0.6) is 0 Å². The van der Waals surface area contributed by atoms with Crippen molar-refractivity contribution in [3.8, 4) is 0 Å². The minimum absolute atomic E-state index is 0.0837. The van der Waals surface area contributed by atoms with Crippen molar-refractivity contribution < 1.29 is 13.2 Å². The quantitative estimate of drug-likeness (QED) is 0.746. The Bertz CT molecular complexity index is 614. The number of hydrogen-bond donors (Lipinski definition) is 1. The molecule has 0 fully saturated rings. The summed E-state index contributed by atoms with van der Waals surface area (Å²) in [4.78, 5) is 0. The van der Waals surface area contributed by atoms with Crippen LogP contribution in [0.2, 0.25) is 0 Å². The van der Waals surface area contributed by atoms with E-state index in [2.05, 4.69) is 21.2 Å². The Morgan fingerprint density at radius 1 is 1.05 bits per heavy atom. The number of nitrogens with one attached hydrogen (secondary N) is 1. The topological polar surface area (TPSA) is 12.0 Å². The van der Waals surface area contributed by atoms with E-state index in [1.54, 1.807) is 12.1 Å². The van der Waals surface area contributed by atoms with Gasteiger partial charge in [0, 0.05) is 0 Å². The van der Waals surface area contributed by atoms with E-state index in [0.29, 0.717) is 12.1 Å². The molecule has 112 valence electrons. The molecule has 0 bridgehead atoms. The third kappa shape index (κ3) is 3.66. The number of benzene rings is 2. The van der Waals surface area contributed by atoms with Gasteiger partial charge in [-0.25, -0.2) is 13.2 Å². The second-order valence-corrected chi connectivity index (χ2v) is 5.50.